The highest BCUT2D eigenvalue weighted by molar-refractivity contribution is 5.88. The zero-order valence-corrected chi connectivity index (χ0v) is 6.30. The van der Waals surface area contributed by atoms with Gasteiger partial charge in [0.1, 0.15) is 5.54 Å². The minimum absolute atomic E-state index is 0.00868. The van der Waals surface area contributed by atoms with Crippen molar-refractivity contribution < 1.29 is 4.74 Å². The molecule has 3 nitrogen and oxygen atoms in total. The Balaban J connectivity index is 2.70. The van der Waals surface area contributed by atoms with Crippen LogP contribution in [0.1, 0.15) is 13.8 Å². The molecule has 1 aliphatic rings. The van der Waals surface area contributed by atoms with Gasteiger partial charge >= 0.3 is 0 Å². The number of nitrogens with zero attached hydrogens (tertiary/aromatic N) is 2. The molecule has 3 heteroatoms. The molecule has 0 saturated carbocycles. The molecule has 0 radical (unpaired) electrons. The van der Waals surface area contributed by atoms with Crippen molar-refractivity contribution in [3.05, 3.63) is 0 Å². The molecule has 52 valence electrons. The fourth-order valence-electron chi connectivity index (χ4n) is 0.768. The summed E-state index contributed by atoms with van der Waals surface area (Å²) in [7, 11) is 3.58. The predicted molar refractivity (Wildman–Crippen MR) is 36.3 cm³/mol. The molecule has 0 aromatic rings. The van der Waals surface area contributed by atoms with E-state index in [1.807, 2.05) is 12.1 Å². The molecule has 0 N–H and O–H groups in total. The number of rotatable bonds is 0. The number of hydrazone groups is 1. The smallest absolute Gasteiger partial charge is 0.233 e. The molecule has 9 heavy (non-hydrogen) atoms. The van der Waals surface area contributed by atoms with Crippen LogP contribution in [0.3, 0.4) is 0 Å². The molecule has 0 aromatic heterocycles. The fourth-order valence-corrected chi connectivity index (χ4v) is 0.768. The largest absolute Gasteiger partial charge is 0.481 e. The molecule has 0 saturated heterocycles. The van der Waals surface area contributed by atoms with Crippen molar-refractivity contribution in [3.8, 4) is 0 Å². The molecule has 0 fully saturated rings. The first kappa shape index (κ1) is 6.39. The average Bonchev–Trinajstić information content (AvgIpc) is 1.82. The summed E-state index contributed by atoms with van der Waals surface area (Å²) in [5.41, 5.74) is 0.00868. The van der Waals surface area contributed by atoms with Crippen LogP contribution in [0.15, 0.2) is 5.10 Å². The number of methoxy groups -OCH3 is 1. The molecule has 0 aromatic carbocycles. The predicted octanol–water partition coefficient (Wildman–Crippen LogP) is 0.670. The molecule has 0 aliphatic carbocycles. The summed E-state index contributed by atoms with van der Waals surface area (Å²) in [5, 5.41) is 5.90. The normalized spacial score (nSPS) is 22.7. The minimum Gasteiger partial charge on any atom is -0.481 e. The van der Waals surface area contributed by atoms with Gasteiger partial charge in [-0.2, -0.15) is 0 Å². The van der Waals surface area contributed by atoms with Crippen LogP contribution in [0.5, 0.6) is 0 Å². The highest BCUT2D eigenvalue weighted by Gasteiger charge is 2.39. The molecule has 0 amide bonds. The van der Waals surface area contributed by atoms with Crippen LogP contribution in [0, 0.1) is 0 Å². The maximum atomic E-state index is 4.98. The van der Waals surface area contributed by atoms with Crippen molar-refractivity contribution in [2.75, 3.05) is 14.2 Å². The van der Waals surface area contributed by atoms with Gasteiger partial charge in [0.15, 0.2) is 0 Å². The van der Waals surface area contributed by atoms with Gasteiger partial charge in [0.25, 0.3) is 0 Å². The van der Waals surface area contributed by atoms with Crippen LogP contribution in [-0.4, -0.2) is 30.6 Å². The van der Waals surface area contributed by atoms with E-state index >= 15 is 0 Å². The topological polar surface area (TPSA) is 24.8 Å². The van der Waals surface area contributed by atoms with Gasteiger partial charge < -0.3 is 4.74 Å². The van der Waals surface area contributed by atoms with E-state index in [9.17, 15) is 0 Å². The number of hydrogen-bond donors (Lipinski definition) is 0. The summed E-state index contributed by atoms with van der Waals surface area (Å²) in [6.45, 7) is 4.14. The summed E-state index contributed by atoms with van der Waals surface area (Å²) >= 11 is 0. The Kier molecular flexibility index (Phi) is 1.15. The molecule has 1 rings (SSSR count). The number of likely N-dealkylation sites (N-methyl/N-ethyl adjacent to an activating group) is 1. The first-order chi connectivity index (χ1) is 4.09. The fraction of sp³-hybridized carbons (Fsp3) is 0.833. The molecule has 0 spiro atoms. The van der Waals surface area contributed by atoms with Gasteiger partial charge in [0.05, 0.1) is 7.11 Å². The van der Waals surface area contributed by atoms with E-state index in [2.05, 4.69) is 18.9 Å². The van der Waals surface area contributed by atoms with E-state index in [1.165, 1.54) is 0 Å². The molecular weight excluding hydrogens is 116 g/mol. The zero-order chi connectivity index (χ0) is 7.07. The summed E-state index contributed by atoms with van der Waals surface area (Å²) in [6.07, 6.45) is 0. The second-order valence-electron chi connectivity index (χ2n) is 2.69. The maximum Gasteiger partial charge on any atom is 0.233 e. The van der Waals surface area contributed by atoms with Gasteiger partial charge in [0, 0.05) is 7.05 Å². The Hall–Kier alpha value is -0.730. The molecule has 0 bridgehead atoms. The van der Waals surface area contributed by atoms with Gasteiger partial charge in [-0.3, -0.25) is 5.01 Å². The molecule has 1 heterocycles. The molecule has 0 atom stereocenters. The number of ether oxygens (including phenoxy) is 1. The Morgan fingerprint density at radius 2 is 2.11 bits per heavy atom. The molecule has 0 unspecified atom stereocenters. The van der Waals surface area contributed by atoms with Gasteiger partial charge in [-0.1, -0.05) is 0 Å². The van der Waals surface area contributed by atoms with Gasteiger partial charge in [-0.25, -0.2) is 0 Å². The third-order valence-electron chi connectivity index (χ3n) is 1.77. The van der Waals surface area contributed by atoms with Crippen LogP contribution in [0.4, 0.5) is 0 Å². The number of hydrogen-bond acceptors (Lipinski definition) is 3. The van der Waals surface area contributed by atoms with E-state index in [0.29, 0.717) is 0 Å². The van der Waals surface area contributed by atoms with Crippen molar-refractivity contribution in [1.29, 1.82) is 0 Å². The Bertz CT molecular complexity index is 151. The lowest BCUT2D eigenvalue weighted by atomic mass is 10.0. The van der Waals surface area contributed by atoms with Gasteiger partial charge in [-0.15, -0.1) is 5.10 Å². The van der Waals surface area contributed by atoms with Crippen molar-refractivity contribution in [2.24, 2.45) is 5.10 Å². The van der Waals surface area contributed by atoms with E-state index in [-0.39, 0.29) is 5.54 Å². The Morgan fingerprint density at radius 3 is 2.22 bits per heavy atom. The maximum absolute atomic E-state index is 4.98. The summed E-state index contributed by atoms with van der Waals surface area (Å²) in [5.74, 6) is 0.810. The van der Waals surface area contributed by atoms with Crippen LogP contribution in [0.2, 0.25) is 0 Å². The van der Waals surface area contributed by atoms with Gasteiger partial charge in [-0.05, 0) is 13.8 Å². The molecular formula is C6H12N2O. The lowest BCUT2D eigenvalue weighted by Crippen LogP contribution is -2.54. The van der Waals surface area contributed by atoms with Crippen molar-refractivity contribution in [3.63, 3.8) is 0 Å². The van der Waals surface area contributed by atoms with Crippen molar-refractivity contribution in [1.82, 2.24) is 5.01 Å². The van der Waals surface area contributed by atoms with E-state index in [4.69, 9.17) is 4.74 Å². The second kappa shape index (κ2) is 1.62. The molecule has 1 aliphatic heterocycles. The highest BCUT2D eigenvalue weighted by Crippen LogP contribution is 2.24. The highest BCUT2D eigenvalue weighted by atomic mass is 16.5. The summed E-state index contributed by atoms with van der Waals surface area (Å²) in [6, 6.07) is 0. The quantitative estimate of drug-likeness (QED) is 0.479. The van der Waals surface area contributed by atoms with Crippen LogP contribution >= 0.6 is 0 Å². The van der Waals surface area contributed by atoms with Crippen LogP contribution in [-0.2, 0) is 4.74 Å². The zero-order valence-electron chi connectivity index (χ0n) is 6.30. The Labute approximate surface area is 55.3 Å². The minimum atomic E-state index is 0.00868. The summed E-state index contributed by atoms with van der Waals surface area (Å²) in [4.78, 5) is 0. The third kappa shape index (κ3) is 0.677. The third-order valence-corrected chi connectivity index (χ3v) is 1.77. The Morgan fingerprint density at radius 1 is 1.56 bits per heavy atom. The summed E-state index contributed by atoms with van der Waals surface area (Å²) < 4.78 is 4.98. The van der Waals surface area contributed by atoms with E-state index in [1.54, 1.807) is 7.11 Å². The first-order valence-electron chi connectivity index (χ1n) is 2.96. The van der Waals surface area contributed by atoms with Crippen molar-refractivity contribution in [2.45, 2.75) is 19.4 Å². The van der Waals surface area contributed by atoms with Crippen LogP contribution < -0.4 is 0 Å². The lowest BCUT2D eigenvalue weighted by molar-refractivity contribution is 0.130. The SMILES string of the molecule is COC1=NN(C)C1(C)C. The van der Waals surface area contributed by atoms with Gasteiger partial charge in [0.2, 0.25) is 5.90 Å². The first-order valence-corrected chi connectivity index (χ1v) is 2.96. The monoisotopic (exact) mass is 128 g/mol. The second-order valence-corrected chi connectivity index (χ2v) is 2.69. The van der Waals surface area contributed by atoms with E-state index in [0.717, 1.165) is 5.90 Å². The van der Waals surface area contributed by atoms with E-state index < -0.39 is 0 Å². The lowest BCUT2D eigenvalue weighted by Gasteiger charge is -2.41. The average molecular weight is 128 g/mol. The van der Waals surface area contributed by atoms with Crippen molar-refractivity contribution >= 4 is 5.90 Å². The van der Waals surface area contributed by atoms with Crippen LogP contribution in [0.25, 0.3) is 0 Å². The standard InChI is InChI=1S/C6H12N2O/c1-6(2)5(9-4)7-8(6)3/h1-4H3.